The summed E-state index contributed by atoms with van der Waals surface area (Å²) in [6.07, 6.45) is -3.96. The molecule has 0 saturated heterocycles. The number of alkyl halides is 3. The van der Waals surface area contributed by atoms with Crippen molar-refractivity contribution >= 4 is 17.4 Å². The van der Waals surface area contributed by atoms with Gasteiger partial charge in [0.2, 0.25) is 0 Å². The van der Waals surface area contributed by atoms with Crippen LogP contribution in [0, 0.1) is 5.92 Å². The van der Waals surface area contributed by atoms with Crippen LogP contribution in [0.15, 0.2) is 12.1 Å². The van der Waals surface area contributed by atoms with Crippen LogP contribution < -0.4 is 5.32 Å². The maximum Gasteiger partial charge on any atom is 0.416 e. The van der Waals surface area contributed by atoms with Gasteiger partial charge in [-0.25, -0.2) is 4.98 Å². The Kier molecular flexibility index (Phi) is 5.27. The summed E-state index contributed by atoms with van der Waals surface area (Å²) >= 11 is 5.58. The van der Waals surface area contributed by atoms with E-state index in [9.17, 15) is 18.3 Å². The lowest BCUT2D eigenvalue weighted by atomic mass is 9.94. The van der Waals surface area contributed by atoms with Crippen molar-refractivity contribution < 1.29 is 18.3 Å². The summed E-state index contributed by atoms with van der Waals surface area (Å²) in [5.41, 5.74) is -1.90. The molecule has 20 heavy (non-hydrogen) atoms. The minimum Gasteiger partial charge on any atom is -0.388 e. The first-order valence-corrected chi connectivity index (χ1v) is 6.58. The van der Waals surface area contributed by atoms with Crippen molar-refractivity contribution in [2.24, 2.45) is 5.92 Å². The molecule has 0 aliphatic carbocycles. The molecule has 0 aliphatic heterocycles. The summed E-state index contributed by atoms with van der Waals surface area (Å²) in [5.74, 6) is 0.263. The van der Waals surface area contributed by atoms with E-state index in [1.54, 1.807) is 6.92 Å². The number of hydrogen-bond acceptors (Lipinski definition) is 3. The van der Waals surface area contributed by atoms with Crippen LogP contribution in [-0.2, 0) is 6.18 Å². The van der Waals surface area contributed by atoms with Gasteiger partial charge in [-0.15, -0.1) is 0 Å². The predicted octanol–water partition coefficient (Wildman–Crippen LogP) is 3.96. The van der Waals surface area contributed by atoms with E-state index >= 15 is 0 Å². The predicted molar refractivity (Wildman–Crippen MR) is 72.8 cm³/mol. The molecule has 1 atom stereocenters. The van der Waals surface area contributed by atoms with Gasteiger partial charge in [0.15, 0.2) is 0 Å². The van der Waals surface area contributed by atoms with Crippen molar-refractivity contribution in [3.63, 3.8) is 0 Å². The minimum absolute atomic E-state index is 0.00569. The molecule has 0 spiro atoms. The van der Waals surface area contributed by atoms with Gasteiger partial charge in [0.05, 0.1) is 11.2 Å². The SMILES string of the molecule is CC(C)CC(C)(O)CNc1cc(C(F)(F)F)cc(Cl)n1. The van der Waals surface area contributed by atoms with Crippen LogP contribution in [0.25, 0.3) is 0 Å². The molecule has 114 valence electrons. The van der Waals surface area contributed by atoms with Crippen LogP contribution in [0.3, 0.4) is 0 Å². The van der Waals surface area contributed by atoms with E-state index in [1.807, 2.05) is 13.8 Å². The summed E-state index contributed by atoms with van der Waals surface area (Å²) in [7, 11) is 0. The molecule has 1 rings (SSSR count). The zero-order valence-corrected chi connectivity index (χ0v) is 12.3. The first kappa shape index (κ1) is 17.0. The molecule has 0 radical (unpaired) electrons. The first-order valence-electron chi connectivity index (χ1n) is 6.21. The van der Waals surface area contributed by atoms with Crippen molar-refractivity contribution in [2.75, 3.05) is 11.9 Å². The average molecular weight is 311 g/mol. The molecular formula is C13H18ClF3N2O. The van der Waals surface area contributed by atoms with E-state index in [4.69, 9.17) is 11.6 Å². The lowest BCUT2D eigenvalue weighted by Crippen LogP contribution is -2.35. The molecule has 0 aliphatic rings. The third kappa shape index (κ3) is 5.54. The Balaban J connectivity index is 2.81. The number of nitrogens with one attached hydrogen (secondary N) is 1. The number of aliphatic hydroxyl groups is 1. The van der Waals surface area contributed by atoms with Crippen LogP contribution in [0.4, 0.5) is 19.0 Å². The Labute approximate surface area is 121 Å². The minimum atomic E-state index is -4.48. The topological polar surface area (TPSA) is 45.1 Å². The van der Waals surface area contributed by atoms with E-state index < -0.39 is 17.3 Å². The summed E-state index contributed by atoms with van der Waals surface area (Å²) in [4.78, 5) is 3.77. The molecule has 0 fully saturated rings. The Bertz CT molecular complexity index is 461. The third-order valence-corrected chi connectivity index (χ3v) is 2.81. The van der Waals surface area contributed by atoms with Gasteiger partial charge in [0.1, 0.15) is 11.0 Å². The molecule has 1 aromatic heterocycles. The quantitative estimate of drug-likeness (QED) is 0.809. The van der Waals surface area contributed by atoms with Crippen LogP contribution in [0.2, 0.25) is 5.15 Å². The van der Waals surface area contributed by atoms with Crippen LogP contribution in [0.1, 0.15) is 32.8 Å². The summed E-state index contributed by atoms with van der Waals surface area (Å²) in [5, 5.41) is 12.6. The lowest BCUT2D eigenvalue weighted by Gasteiger charge is -2.26. The number of halogens is 4. The highest BCUT2D eigenvalue weighted by Gasteiger charge is 2.31. The molecule has 0 bridgehead atoms. The molecule has 1 unspecified atom stereocenters. The van der Waals surface area contributed by atoms with Gasteiger partial charge >= 0.3 is 6.18 Å². The molecule has 2 N–H and O–H groups in total. The van der Waals surface area contributed by atoms with E-state index in [-0.39, 0.29) is 23.4 Å². The van der Waals surface area contributed by atoms with E-state index in [0.717, 1.165) is 12.1 Å². The van der Waals surface area contributed by atoms with Crippen molar-refractivity contribution in [2.45, 2.75) is 39.0 Å². The summed E-state index contributed by atoms with van der Waals surface area (Å²) < 4.78 is 37.9. The maximum atomic E-state index is 12.6. The highest BCUT2D eigenvalue weighted by molar-refractivity contribution is 6.29. The second-order valence-electron chi connectivity index (χ2n) is 5.51. The first-order chi connectivity index (χ1) is 8.99. The maximum absolute atomic E-state index is 12.6. The van der Waals surface area contributed by atoms with Gasteiger partial charge in [0.25, 0.3) is 0 Å². The Morgan fingerprint density at radius 2 is 1.95 bits per heavy atom. The third-order valence-electron chi connectivity index (χ3n) is 2.62. The highest BCUT2D eigenvalue weighted by Crippen LogP contribution is 2.32. The standard InChI is InChI=1S/C13H18ClF3N2O/c1-8(2)6-12(3,20)7-18-11-5-9(13(15,16)17)4-10(14)19-11/h4-5,8,20H,6-7H2,1-3H3,(H,18,19). The number of anilines is 1. The zero-order chi connectivity index (χ0) is 15.6. The molecule has 0 aromatic carbocycles. The van der Waals surface area contributed by atoms with E-state index in [2.05, 4.69) is 10.3 Å². The van der Waals surface area contributed by atoms with Gasteiger partial charge in [-0.3, -0.25) is 0 Å². The van der Waals surface area contributed by atoms with Gasteiger partial charge < -0.3 is 10.4 Å². The molecule has 0 saturated carbocycles. The highest BCUT2D eigenvalue weighted by atomic mass is 35.5. The number of rotatable bonds is 5. The molecule has 0 amide bonds. The van der Waals surface area contributed by atoms with E-state index in [1.165, 1.54) is 0 Å². The molecule has 7 heteroatoms. The fraction of sp³-hybridized carbons (Fsp3) is 0.615. The molecule has 3 nitrogen and oxygen atoms in total. The van der Waals surface area contributed by atoms with Crippen LogP contribution in [-0.4, -0.2) is 22.2 Å². The smallest absolute Gasteiger partial charge is 0.388 e. The normalized spacial score (nSPS) is 15.2. The second kappa shape index (κ2) is 6.18. The fourth-order valence-electron chi connectivity index (χ4n) is 1.98. The largest absolute Gasteiger partial charge is 0.416 e. The molecule has 1 heterocycles. The Morgan fingerprint density at radius 3 is 2.45 bits per heavy atom. The van der Waals surface area contributed by atoms with Crippen LogP contribution >= 0.6 is 11.6 Å². The average Bonchev–Trinajstić information content (AvgIpc) is 2.23. The number of nitrogens with zero attached hydrogens (tertiary/aromatic N) is 1. The van der Waals surface area contributed by atoms with Crippen molar-refractivity contribution in [3.8, 4) is 0 Å². The van der Waals surface area contributed by atoms with Gasteiger partial charge in [0, 0.05) is 6.54 Å². The lowest BCUT2D eigenvalue weighted by molar-refractivity contribution is -0.137. The number of pyridine rings is 1. The van der Waals surface area contributed by atoms with Crippen molar-refractivity contribution in [3.05, 3.63) is 22.8 Å². The fourth-order valence-corrected chi connectivity index (χ4v) is 2.19. The Hall–Kier alpha value is -1.01. The zero-order valence-electron chi connectivity index (χ0n) is 11.6. The summed E-state index contributed by atoms with van der Waals surface area (Å²) in [6.45, 7) is 5.62. The van der Waals surface area contributed by atoms with Crippen molar-refractivity contribution in [1.82, 2.24) is 4.98 Å². The second-order valence-corrected chi connectivity index (χ2v) is 5.90. The number of hydrogen-bond donors (Lipinski definition) is 2. The molecular weight excluding hydrogens is 293 g/mol. The van der Waals surface area contributed by atoms with Crippen LogP contribution in [0.5, 0.6) is 0 Å². The summed E-state index contributed by atoms with van der Waals surface area (Å²) in [6, 6.07) is 1.64. The van der Waals surface area contributed by atoms with Crippen molar-refractivity contribution in [1.29, 1.82) is 0 Å². The van der Waals surface area contributed by atoms with Gasteiger partial charge in [-0.05, 0) is 31.4 Å². The number of aromatic nitrogens is 1. The monoisotopic (exact) mass is 310 g/mol. The Morgan fingerprint density at radius 1 is 1.35 bits per heavy atom. The van der Waals surface area contributed by atoms with Gasteiger partial charge in [-0.1, -0.05) is 25.4 Å². The van der Waals surface area contributed by atoms with E-state index in [0.29, 0.717) is 6.42 Å². The molecule has 1 aromatic rings. The van der Waals surface area contributed by atoms with Gasteiger partial charge in [-0.2, -0.15) is 13.2 Å².